The summed E-state index contributed by atoms with van der Waals surface area (Å²) < 4.78 is 49.1. The Morgan fingerprint density at radius 2 is 1.66 bits per heavy atom. The van der Waals surface area contributed by atoms with Crippen molar-refractivity contribution in [2.75, 3.05) is 69.4 Å². The lowest BCUT2D eigenvalue weighted by atomic mass is 9.48. The number of hydrogen-bond acceptors (Lipinski definition) is 12. The number of fused-ring (bicyclic) bond motifs is 3. The topological polar surface area (TPSA) is 131 Å². The van der Waals surface area contributed by atoms with Crippen LogP contribution in [-0.2, 0) is 33.2 Å². The Morgan fingerprint density at radius 3 is 2.22 bits per heavy atom. The minimum absolute atomic E-state index is 0.156. The maximum atomic E-state index is 14.1. The lowest BCUT2D eigenvalue weighted by Crippen LogP contribution is -2.68. The smallest absolute Gasteiger partial charge is 0.338 e. The monoisotopic (exact) mass is 705 g/mol. The maximum absolute atomic E-state index is 14.1. The molecule has 0 saturated heterocycles. The van der Waals surface area contributed by atoms with Crippen LogP contribution < -0.4 is 9.47 Å². The van der Waals surface area contributed by atoms with Gasteiger partial charge in [0.25, 0.3) is 0 Å². The number of hydrogen-bond donors (Lipinski definition) is 1. The summed E-state index contributed by atoms with van der Waals surface area (Å²) in [7, 11) is 11.9. The quantitative estimate of drug-likeness (QED) is 0.298. The van der Waals surface area contributed by atoms with E-state index in [1.807, 2.05) is 0 Å². The van der Waals surface area contributed by atoms with Crippen LogP contribution in [0.1, 0.15) is 63.7 Å². The Balaban J connectivity index is 1.76. The zero-order chi connectivity index (χ0) is 36.8. The molecule has 0 spiro atoms. The minimum Gasteiger partial charge on any atom is -0.493 e. The standard InChI is InChI=1S/C38H59NO11/c1-12-39(5)20-36(21-43-6)16-15-28(46-9)35(4)25-18-37(42)29(47-10)19-38(50-23(3)40,22(2)31(48-11)32(35)36)30(25)33(37)49-34(41)24-13-14-26(44-7)27(17-24)45-8/h13-14,17,22,25,28-33,42H,12,15-16,18-21H2,1-11H3/t22-,25-,28+,29+,30-,31+,32+,33-,35+,36-,37-,38-/m1/s1. The first-order valence-electron chi connectivity index (χ1n) is 17.8. The maximum Gasteiger partial charge on any atom is 0.338 e. The number of carbonyl (C=O) groups excluding carboxylic acids is 2. The molecule has 0 aromatic heterocycles. The van der Waals surface area contributed by atoms with Gasteiger partial charge >= 0.3 is 11.9 Å². The molecule has 4 fully saturated rings. The molecule has 12 heteroatoms. The molecule has 50 heavy (non-hydrogen) atoms. The Labute approximate surface area is 297 Å². The van der Waals surface area contributed by atoms with Crippen molar-refractivity contribution >= 4 is 11.9 Å². The van der Waals surface area contributed by atoms with E-state index in [-0.39, 0.29) is 41.8 Å². The molecule has 1 aromatic rings. The van der Waals surface area contributed by atoms with Crippen molar-refractivity contribution in [1.29, 1.82) is 0 Å². The van der Waals surface area contributed by atoms with Gasteiger partial charge < -0.3 is 47.9 Å². The second kappa shape index (κ2) is 14.5. The number of nitrogens with zero attached hydrogens (tertiary/aromatic N) is 1. The predicted molar refractivity (Wildman–Crippen MR) is 184 cm³/mol. The third-order valence-electron chi connectivity index (χ3n) is 13.3. The number of aliphatic hydroxyl groups is 1. The highest BCUT2D eigenvalue weighted by atomic mass is 16.6. The van der Waals surface area contributed by atoms with Gasteiger partial charge in [-0.05, 0) is 57.0 Å². The number of carbonyl (C=O) groups is 2. The van der Waals surface area contributed by atoms with E-state index in [9.17, 15) is 14.7 Å². The van der Waals surface area contributed by atoms with Crippen molar-refractivity contribution in [3.8, 4) is 11.5 Å². The Hall–Kier alpha value is -2.48. The second-order valence-electron chi connectivity index (χ2n) is 15.4. The van der Waals surface area contributed by atoms with Crippen LogP contribution in [0.3, 0.4) is 0 Å². The zero-order valence-corrected chi connectivity index (χ0v) is 31.8. The average Bonchev–Trinajstić information content (AvgIpc) is 3.31. The number of rotatable bonds is 13. The SMILES string of the molecule is CCN(C)C[C@@]1(COC)CC[C@H](OC)[C@]2(C)[C@@H]3C[C@@]4(O)[C@@H](OC)C[C@](OC(C)=O)([C@H]3[C@H]4OC(=O)c3ccc(OC)c(OC)c3)[C@H](C)[C@H](OC)[C@H]12. The molecule has 4 aliphatic carbocycles. The largest absolute Gasteiger partial charge is 0.493 e. The van der Waals surface area contributed by atoms with Crippen molar-refractivity contribution in [3.63, 3.8) is 0 Å². The average molecular weight is 706 g/mol. The van der Waals surface area contributed by atoms with Crippen LogP contribution in [0.15, 0.2) is 18.2 Å². The summed E-state index contributed by atoms with van der Waals surface area (Å²) in [5.74, 6) is -1.78. The van der Waals surface area contributed by atoms with Crippen molar-refractivity contribution in [2.24, 2.45) is 34.5 Å². The zero-order valence-electron chi connectivity index (χ0n) is 31.8. The van der Waals surface area contributed by atoms with Gasteiger partial charge in [-0.25, -0.2) is 4.79 Å². The van der Waals surface area contributed by atoms with E-state index in [2.05, 4.69) is 32.7 Å². The van der Waals surface area contributed by atoms with Crippen molar-refractivity contribution in [3.05, 3.63) is 23.8 Å². The summed E-state index contributed by atoms with van der Waals surface area (Å²) in [4.78, 5) is 29.7. The molecule has 0 amide bonds. The molecule has 12 atom stereocenters. The predicted octanol–water partition coefficient (Wildman–Crippen LogP) is 4.00. The number of benzene rings is 1. The number of methoxy groups -OCH3 is 6. The summed E-state index contributed by atoms with van der Waals surface area (Å²) in [5.41, 5.74) is -3.61. The highest BCUT2D eigenvalue weighted by Crippen LogP contribution is 2.72. The minimum atomic E-state index is -1.59. The van der Waals surface area contributed by atoms with Crippen molar-refractivity contribution in [2.45, 2.75) is 89.0 Å². The van der Waals surface area contributed by atoms with Crippen LogP contribution in [0.25, 0.3) is 0 Å². The van der Waals surface area contributed by atoms with Crippen molar-refractivity contribution in [1.82, 2.24) is 4.90 Å². The molecule has 282 valence electrons. The molecule has 0 aliphatic heterocycles. The fraction of sp³-hybridized carbons (Fsp3) is 0.789. The van der Waals surface area contributed by atoms with E-state index in [0.717, 1.165) is 25.9 Å². The van der Waals surface area contributed by atoms with Crippen LogP contribution in [-0.4, -0.2) is 127 Å². The van der Waals surface area contributed by atoms with Gasteiger partial charge in [-0.1, -0.05) is 20.8 Å². The molecule has 4 saturated carbocycles. The van der Waals surface area contributed by atoms with Gasteiger partial charge in [0.15, 0.2) is 11.5 Å². The molecule has 0 heterocycles. The summed E-state index contributed by atoms with van der Waals surface area (Å²) in [6.45, 7) is 9.95. The summed E-state index contributed by atoms with van der Waals surface area (Å²) in [5, 5.41) is 12.9. The van der Waals surface area contributed by atoms with E-state index in [0.29, 0.717) is 18.1 Å². The molecule has 1 aromatic carbocycles. The molecule has 0 unspecified atom stereocenters. The molecule has 1 N–H and O–H groups in total. The number of esters is 2. The molecule has 2 bridgehead atoms. The fourth-order valence-corrected chi connectivity index (χ4v) is 11.3. The van der Waals surface area contributed by atoms with E-state index in [1.54, 1.807) is 46.6 Å². The lowest BCUT2D eigenvalue weighted by Gasteiger charge is -2.61. The van der Waals surface area contributed by atoms with Crippen LogP contribution in [0.2, 0.25) is 0 Å². The normalized spacial score (nSPS) is 40.5. The molecular weight excluding hydrogens is 646 g/mol. The van der Waals surface area contributed by atoms with Crippen LogP contribution in [0.4, 0.5) is 0 Å². The summed E-state index contributed by atoms with van der Waals surface area (Å²) in [6.07, 6.45) is -0.530. The highest BCUT2D eigenvalue weighted by Gasteiger charge is 2.80. The first kappa shape index (κ1) is 38.7. The third-order valence-corrected chi connectivity index (χ3v) is 13.3. The Kier molecular flexibility index (Phi) is 11.2. The summed E-state index contributed by atoms with van der Waals surface area (Å²) in [6, 6.07) is 4.81. The van der Waals surface area contributed by atoms with Gasteiger partial charge in [-0.2, -0.15) is 0 Å². The first-order valence-corrected chi connectivity index (χ1v) is 17.8. The van der Waals surface area contributed by atoms with E-state index in [4.69, 9.17) is 37.9 Å². The van der Waals surface area contributed by atoms with Gasteiger partial charge in [-0.15, -0.1) is 0 Å². The van der Waals surface area contributed by atoms with Gasteiger partial charge in [0.2, 0.25) is 0 Å². The Bertz CT molecular complexity index is 1390. The molecule has 5 rings (SSSR count). The van der Waals surface area contributed by atoms with Crippen LogP contribution in [0.5, 0.6) is 11.5 Å². The fourth-order valence-electron chi connectivity index (χ4n) is 11.3. The summed E-state index contributed by atoms with van der Waals surface area (Å²) >= 11 is 0. The van der Waals surface area contributed by atoms with Gasteiger partial charge in [0.05, 0.1) is 44.7 Å². The second-order valence-corrected chi connectivity index (χ2v) is 15.4. The van der Waals surface area contributed by atoms with E-state index < -0.39 is 58.7 Å². The van der Waals surface area contributed by atoms with Gasteiger partial charge in [0.1, 0.15) is 17.3 Å². The highest BCUT2D eigenvalue weighted by molar-refractivity contribution is 5.90. The van der Waals surface area contributed by atoms with E-state index in [1.165, 1.54) is 21.1 Å². The first-order chi connectivity index (χ1) is 23.7. The van der Waals surface area contributed by atoms with Gasteiger partial charge in [0, 0.05) is 76.9 Å². The third kappa shape index (κ3) is 5.82. The molecule has 12 nitrogen and oxygen atoms in total. The van der Waals surface area contributed by atoms with Crippen LogP contribution >= 0.6 is 0 Å². The lowest BCUT2D eigenvalue weighted by molar-refractivity contribution is -0.252. The molecule has 0 radical (unpaired) electrons. The molecular formula is C38H59NO11. The van der Waals surface area contributed by atoms with E-state index >= 15 is 0 Å². The molecule has 4 aliphatic rings. The van der Waals surface area contributed by atoms with Crippen molar-refractivity contribution < 1.29 is 52.6 Å². The number of ether oxygens (including phenoxy) is 8. The Morgan fingerprint density at radius 1 is 0.980 bits per heavy atom. The van der Waals surface area contributed by atoms with Crippen LogP contribution in [0, 0.1) is 34.5 Å². The van der Waals surface area contributed by atoms with Gasteiger partial charge in [-0.3, -0.25) is 4.79 Å².